The van der Waals surface area contributed by atoms with Gasteiger partial charge in [0.15, 0.2) is 5.82 Å². The summed E-state index contributed by atoms with van der Waals surface area (Å²) in [7, 11) is -4.15. The predicted molar refractivity (Wildman–Crippen MR) is 117 cm³/mol. The number of aromatic nitrogens is 2. The summed E-state index contributed by atoms with van der Waals surface area (Å²) in [6, 6.07) is 11.0. The molecule has 1 saturated heterocycles. The van der Waals surface area contributed by atoms with Crippen molar-refractivity contribution >= 4 is 27.3 Å². The molecule has 1 amide bonds. The van der Waals surface area contributed by atoms with Crippen molar-refractivity contribution in [2.75, 3.05) is 17.8 Å². The van der Waals surface area contributed by atoms with E-state index in [0.717, 1.165) is 6.07 Å². The predicted octanol–water partition coefficient (Wildman–Crippen LogP) is 3.11. The van der Waals surface area contributed by atoms with E-state index in [-0.39, 0.29) is 33.7 Å². The molecule has 0 atom stereocenters. The number of hydrogen-bond acceptors (Lipinski definition) is 8. The first-order valence-corrected chi connectivity index (χ1v) is 11.7. The Bertz CT molecular complexity index is 1300. The van der Waals surface area contributed by atoms with E-state index in [1.807, 2.05) is 0 Å². The maximum absolute atomic E-state index is 13.2. The van der Waals surface area contributed by atoms with Gasteiger partial charge in [0, 0.05) is 31.1 Å². The molecule has 172 valence electrons. The van der Waals surface area contributed by atoms with Gasteiger partial charge in [-0.1, -0.05) is 23.4 Å². The average Bonchev–Trinajstić information content (AvgIpc) is 3.25. The number of aryl methyl sites for hydroxylation is 1. The summed E-state index contributed by atoms with van der Waals surface area (Å²) >= 11 is 0. The lowest BCUT2D eigenvalue weighted by Crippen LogP contribution is -2.38. The maximum Gasteiger partial charge on any atom is 0.270 e. The second kappa shape index (κ2) is 8.98. The zero-order chi connectivity index (χ0) is 23.6. The van der Waals surface area contributed by atoms with E-state index in [1.54, 1.807) is 30.0 Å². The van der Waals surface area contributed by atoms with Gasteiger partial charge in [0.25, 0.3) is 21.6 Å². The first-order valence-electron chi connectivity index (χ1n) is 10.2. The zero-order valence-electron chi connectivity index (χ0n) is 17.7. The number of piperidine rings is 1. The minimum absolute atomic E-state index is 0.0675. The van der Waals surface area contributed by atoms with Crippen LogP contribution in [0.25, 0.3) is 0 Å². The van der Waals surface area contributed by atoms with Crippen molar-refractivity contribution in [1.82, 2.24) is 15.0 Å². The third kappa shape index (κ3) is 4.85. The summed E-state index contributed by atoms with van der Waals surface area (Å²) in [6.45, 7) is 2.66. The van der Waals surface area contributed by atoms with Gasteiger partial charge in [0.2, 0.25) is 5.89 Å². The molecule has 3 aromatic rings. The number of nitrogens with zero attached hydrogens (tertiary/aromatic N) is 4. The summed E-state index contributed by atoms with van der Waals surface area (Å²) in [5, 5.41) is 14.8. The first-order chi connectivity index (χ1) is 15.7. The van der Waals surface area contributed by atoms with Crippen molar-refractivity contribution in [2.45, 2.75) is 30.6 Å². The quantitative estimate of drug-likeness (QED) is 0.426. The zero-order valence-corrected chi connectivity index (χ0v) is 18.5. The smallest absolute Gasteiger partial charge is 0.270 e. The number of amides is 1. The van der Waals surface area contributed by atoms with Crippen molar-refractivity contribution < 1.29 is 22.7 Å². The lowest BCUT2D eigenvalue weighted by Gasteiger charge is -2.31. The van der Waals surface area contributed by atoms with E-state index >= 15 is 0 Å². The lowest BCUT2D eigenvalue weighted by molar-refractivity contribution is -0.385. The van der Waals surface area contributed by atoms with Crippen LogP contribution < -0.4 is 4.72 Å². The van der Waals surface area contributed by atoms with Crippen LogP contribution in [0.15, 0.2) is 57.9 Å². The molecule has 1 aromatic heterocycles. The number of likely N-dealkylation sites (tertiary alicyclic amines) is 1. The number of nitrogens with one attached hydrogen (secondary N) is 1. The fraction of sp³-hybridized carbons (Fsp3) is 0.286. The van der Waals surface area contributed by atoms with Gasteiger partial charge in [-0.2, -0.15) is 4.98 Å². The highest BCUT2D eigenvalue weighted by atomic mass is 32.2. The number of anilines is 1. The standard InChI is InChI=1S/C21H21N5O6S/c1-14-22-20(32-23-14)15-9-11-25(12-10-15)21(27)18-7-2-3-8-19(18)24-33(30,31)17-6-4-5-16(13-17)26(28)29/h2-8,13,15,24H,9-12H2,1H3. The van der Waals surface area contributed by atoms with E-state index in [9.17, 15) is 23.3 Å². The number of hydrogen-bond donors (Lipinski definition) is 1. The number of nitro groups is 1. The minimum Gasteiger partial charge on any atom is -0.339 e. The van der Waals surface area contributed by atoms with Gasteiger partial charge < -0.3 is 9.42 Å². The Kier molecular flexibility index (Phi) is 6.09. The number of rotatable bonds is 6. The molecule has 1 aliphatic heterocycles. The van der Waals surface area contributed by atoms with Crippen LogP contribution in [-0.2, 0) is 10.0 Å². The van der Waals surface area contributed by atoms with Crippen LogP contribution in [0, 0.1) is 17.0 Å². The van der Waals surface area contributed by atoms with Crippen LogP contribution >= 0.6 is 0 Å². The molecule has 0 aliphatic carbocycles. The summed E-state index contributed by atoms with van der Waals surface area (Å²) in [5.74, 6) is 0.878. The van der Waals surface area contributed by atoms with Gasteiger partial charge in [0.05, 0.1) is 21.1 Å². The highest BCUT2D eigenvalue weighted by Gasteiger charge is 2.29. The van der Waals surface area contributed by atoms with E-state index in [0.29, 0.717) is 37.6 Å². The Morgan fingerprint density at radius 3 is 2.58 bits per heavy atom. The molecular formula is C21H21N5O6S. The van der Waals surface area contributed by atoms with Crippen LogP contribution in [0.3, 0.4) is 0 Å². The maximum atomic E-state index is 13.2. The third-order valence-electron chi connectivity index (χ3n) is 5.42. The van der Waals surface area contributed by atoms with Crippen molar-refractivity contribution in [2.24, 2.45) is 0 Å². The number of para-hydroxylation sites is 1. The summed E-state index contributed by atoms with van der Waals surface area (Å²) in [4.78, 5) is 29.2. The second-order valence-corrected chi connectivity index (χ2v) is 9.33. The molecule has 1 aliphatic rings. The van der Waals surface area contributed by atoms with E-state index in [2.05, 4.69) is 14.9 Å². The molecule has 33 heavy (non-hydrogen) atoms. The number of carbonyl (C=O) groups is 1. The fourth-order valence-electron chi connectivity index (χ4n) is 3.71. The summed E-state index contributed by atoms with van der Waals surface area (Å²) in [5.41, 5.74) is -0.0520. The van der Waals surface area contributed by atoms with Crippen LogP contribution in [0.4, 0.5) is 11.4 Å². The first kappa shape index (κ1) is 22.4. The molecular weight excluding hydrogens is 450 g/mol. The van der Waals surface area contributed by atoms with Crippen LogP contribution in [-0.4, -0.2) is 47.4 Å². The normalized spacial score (nSPS) is 14.8. The SMILES string of the molecule is Cc1noc(C2CCN(C(=O)c3ccccc3NS(=O)(=O)c3cccc([N+](=O)[O-])c3)CC2)n1. The molecule has 0 saturated carbocycles. The van der Waals surface area contributed by atoms with Gasteiger partial charge >= 0.3 is 0 Å². The Labute approximate surface area is 189 Å². The molecule has 0 bridgehead atoms. The molecule has 12 heteroatoms. The molecule has 0 spiro atoms. The van der Waals surface area contributed by atoms with Gasteiger partial charge in [0.1, 0.15) is 0 Å². The third-order valence-corrected chi connectivity index (χ3v) is 6.78. The molecule has 0 unspecified atom stereocenters. The average molecular weight is 471 g/mol. The molecule has 11 nitrogen and oxygen atoms in total. The Morgan fingerprint density at radius 1 is 1.18 bits per heavy atom. The van der Waals surface area contributed by atoms with Crippen molar-refractivity contribution in [3.8, 4) is 0 Å². The van der Waals surface area contributed by atoms with E-state index in [1.165, 1.54) is 24.3 Å². The lowest BCUT2D eigenvalue weighted by atomic mass is 9.96. The molecule has 1 N–H and O–H groups in total. The largest absolute Gasteiger partial charge is 0.339 e. The molecule has 1 fully saturated rings. The summed E-state index contributed by atoms with van der Waals surface area (Å²) < 4.78 is 33.3. The second-order valence-electron chi connectivity index (χ2n) is 7.65. The topological polar surface area (TPSA) is 149 Å². The van der Waals surface area contributed by atoms with Crippen LogP contribution in [0.2, 0.25) is 0 Å². The van der Waals surface area contributed by atoms with Gasteiger partial charge in [-0.15, -0.1) is 0 Å². The Morgan fingerprint density at radius 2 is 1.91 bits per heavy atom. The van der Waals surface area contributed by atoms with E-state index < -0.39 is 14.9 Å². The van der Waals surface area contributed by atoms with Crippen LogP contribution in [0.1, 0.15) is 40.8 Å². The number of sulfonamides is 1. The fourth-order valence-corrected chi connectivity index (χ4v) is 4.82. The van der Waals surface area contributed by atoms with Gasteiger partial charge in [-0.3, -0.25) is 19.6 Å². The van der Waals surface area contributed by atoms with Crippen molar-refractivity contribution in [3.05, 3.63) is 75.9 Å². The van der Waals surface area contributed by atoms with Crippen LogP contribution in [0.5, 0.6) is 0 Å². The molecule has 4 rings (SSSR count). The van der Waals surface area contributed by atoms with Crippen molar-refractivity contribution in [3.63, 3.8) is 0 Å². The minimum atomic E-state index is -4.15. The molecule has 2 aromatic carbocycles. The highest BCUT2D eigenvalue weighted by molar-refractivity contribution is 7.92. The molecule has 0 radical (unpaired) electrons. The number of carbonyl (C=O) groups excluding carboxylic acids is 1. The monoisotopic (exact) mass is 471 g/mol. The Hall–Kier alpha value is -3.80. The number of nitro benzene ring substituents is 1. The molecule has 2 heterocycles. The van der Waals surface area contributed by atoms with Crippen molar-refractivity contribution in [1.29, 1.82) is 0 Å². The number of benzene rings is 2. The summed E-state index contributed by atoms with van der Waals surface area (Å²) in [6.07, 6.45) is 1.30. The number of non-ortho nitro benzene ring substituents is 1. The van der Waals surface area contributed by atoms with Gasteiger partial charge in [-0.25, -0.2) is 8.42 Å². The highest BCUT2D eigenvalue weighted by Crippen LogP contribution is 2.29. The van der Waals surface area contributed by atoms with E-state index in [4.69, 9.17) is 4.52 Å². The Balaban J connectivity index is 1.51. The van der Waals surface area contributed by atoms with Gasteiger partial charge in [-0.05, 0) is 38.0 Å².